The number of hydrogen-bond donors (Lipinski definition) is 2. The van der Waals surface area contributed by atoms with Crippen molar-refractivity contribution in [1.29, 1.82) is 0 Å². The van der Waals surface area contributed by atoms with E-state index in [0.717, 1.165) is 6.42 Å². The zero-order valence-electron chi connectivity index (χ0n) is 11.6. The molecule has 1 aromatic rings. The standard InChI is InChI=1S/C15H23NO2/c1-11(16-12(2)14(17)18)10-15(3,4)13-8-6-5-7-9-13/h5-9,11-12,16H,10H2,1-4H3,(H,17,18). The average molecular weight is 249 g/mol. The zero-order valence-corrected chi connectivity index (χ0v) is 11.6. The molecule has 18 heavy (non-hydrogen) atoms. The summed E-state index contributed by atoms with van der Waals surface area (Å²) in [6.45, 7) is 8.08. The molecule has 2 atom stereocenters. The maximum Gasteiger partial charge on any atom is 0.320 e. The summed E-state index contributed by atoms with van der Waals surface area (Å²) in [5, 5.41) is 12.0. The minimum atomic E-state index is -0.806. The monoisotopic (exact) mass is 249 g/mol. The first-order chi connectivity index (χ1) is 8.33. The van der Waals surface area contributed by atoms with E-state index in [-0.39, 0.29) is 11.5 Å². The van der Waals surface area contributed by atoms with Crippen molar-refractivity contribution in [2.45, 2.75) is 51.6 Å². The number of nitrogens with one attached hydrogen (secondary N) is 1. The van der Waals surface area contributed by atoms with Gasteiger partial charge in [-0.2, -0.15) is 0 Å². The third-order valence-electron chi connectivity index (χ3n) is 3.28. The molecule has 1 aromatic carbocycles. The van der Waals surface area contributed by atoms with Gasteiger partial charge in [-0.1, -0.05) is 44.2 Å². The lowest BCUT2D eigenvalue weighted by Crippen LogP contribution is -2.42. The Morgan fingerprint density at radius 2 is 1.83 bits per heavy atom. The Bertz CT molecular complexity index is 387. The molecular formula is C15H23NO2. The number of carboxylic acids is 1. The van der Waals surface area contributed by atoms with Crippen LogP contribution in [-0.2, 0) is 10.2 Å². The highest BCUT2D eigenvalue weighted by Crippen LogP contribution is 2.28. The van der Waals surface area contributed by atoms with Gasteiger partial charge in [0.25, 0.3) is 0 Å². The van der Waals surface area contributed by atoms with Crippen LogP contribution in [0.3, 0.4) is 0 Å². The minimum absolute atomic E-state index is 0.0336. The highest BCUT2D eigenvalue weighted by Gasteiger charge is 2.24. The maximum atomic E-state index is 10.8. The van der Waals surface area contributed by atoms with E-state index in [1.54, 1.807) is 6.92 Å². The van der Waals surface area contributed by atoms with E-state index in [1.807, 2.05) is 25.1 Å². The fraction of sp³-hybridized carbons (Fsp3) is 0.533. The van der Waals surface area contributed by atoms with Gasteiger partial charge in [0.05, 0.1) is 0 Å². The predicted octanol–water partition coefficient (Wildman–Crippen LogP) is 2.81. The first kappa shape index (κ1) is 14.7. The molecule has 0 fully saturated rings. The number of aliphatic carboxylic acids is 1. The predicted molar refractivity (Wildman–Crippen MR) is 73.8 cm³/mol. The summed E-state index contributed by atoms with van der Waals surface area (Å²) in [4.78, 5) is 10.8. The van der Waals surface area contributed by atoms with Crippen LogP contribution in [0, 0.1) is 0 Å². The Hall–Kier alpha value is -1.35. The molecule has 3 nitrogen and oxygen atoms in total. The SMILES string of the molecule is CC(CC(C)(C)c1ccccc1)NC(C)C(=O)O. The summed E-state index contributed by atoms with van der Waals surface area (Å²) in [6.07, 6.45) is 0.897. The Labute approximate surface area is 109 Å². The third-order valence-corrected chi connectivity index (χ3v) is 3.28. The third kappa shape index (κ3) is 4.15. The van der Waals surface area contributed by atoms with Gasteiger partial charge in [0.2, 0.25) is 0 Å². The summed E-state index contributed by atoms with van der Waals surface area (Å²) in [5.74, 6) is -0.806. The van der Waals surface area contributed by atoms with Crippen molar-refractivity contribution in [1.82, 2.24) is 5.32 Å². The Morgan fingerprint density at radius 1 is 1.28 bits per heavy atom. The second-order valence-corrected chi connectivity index (χ2v) is 5.58. The van der Waals surface area contributed by atoms with Crippen LogP contribution in [0.2, 0.25) is 0 Å². The van der Waals surface area contributed by atoms with Gasteiger partial charge < -0.3 is 10.4 Å². The molecule has 0 bridgehead atoms. The Morgan fingerprint density at radius 3 is 2.33 bits per heavy atom. The molecule has 0 amide bonds. The summed E-state index contributed by atoms with van der Waals surface area (Å²) < 4.78 is 0. The van der Waals surface area contributed by atoms with Crippen molar-refractivity contribution in [3.63, 3.8) is 0 Å². The molecule has 100 valence electrons. The molecule has 2 unspecified atom stereocenters. The average Bonchev–Trinajstić information content (AvgIpc) is 2.29. The number of hydrogen-bond acceptors (Lipinski definition) is 2. The van der Waals surface area contributed by atoms with Crippen molar-refractivity contribution in [2.24, 2.45) is 0 Å². The molecule has 3 heteroatoms. The van der Waals surface area contributed by atoms with Gasteiger partial charge in [-0.15, -0.1) is 0 Å². The van der Waals surface area contributed by atoms with Crippen molar-refractivity contribution in [2.75, 3.05) is 0 Å². The molecule has 0 saturated carbocycles. The summed E-state index contributed by atoms with van der Waals surface area (Å²) >= 11 is 0. The Balaban J connectivity index is 2.63. The zero-order chi connectivity index (χ0) is 13.8. The van der Waals surface area contributed by atoms with Crippen molar-refractivity contribution >= 4 is 5.97 Å². The summed E-state index contributed by atoms with van der Waals surface area (Å²) in [6, 6.07) is 9.97. The Kier molecular flexibility index (Phi) is 4.91. The van der Waals surface area contributed by atoms with Crippen molar-refractivity contribution in [3.8, 4) is 0 Å². The van der Waals surface area contributed by atoms with Gasteiger partial charge in [0.15, 0.2) is 0 Å². The van der Waals surface area contributed by atoms with Gasteiger partial charge in [0, 0.05) is 6.04 Å². The second-order valence-electron chi connectivity index (χ2n) is 5.58. The van der Waals surface area contributed by atoms with Crippen LogP contribution in [0.4, 0.5) is 0 Å². The van der Waals surface area contributed by atoms with E-state index in [1.165, 1.54) is 5.56 Å². The van der Waals surface area contributed by atoms with Crippen molar-refractivity contribution < 1.29 is 9.90 Å². The molecule has 0 aromatic heterocycles. The number of carboxylic acid groups (broad SMARTS) is 1. The van der Waals surface area contributed by atoms with Gasteiger partial charge in [-0.25, -0.2) is 0 Å². The highest BCUT2D eigenvalue weighted by molar-refractivity contribution is 5.72. The molecule has 0 aliphatic carbocycles. The van der Waals surface area contributed by atoms with Crippen LogP contribution in [-0.4, -0.2) is 23.2 Å². The van der Waals surface area contributed by atoms with E-state index in [4.69, 9.17) is 5.11 Å². The maximum absolute atomic E-state index is 10.8. The van der Waals surface area contributed by atoms with Gasteiger partial charge >= 0.3 is 5.97 Å². The van der Waals surface area contributed by atoms with Gasteiger partial charge in [0.1, 0.15) is 6.04 Å². The van der Waals surface area contributed by atoms with E-state index in [2.05, 4.69) is 31.3 Å². The number of rotatable bonds is 6. The highest BCUT2D eigenvalue weighted by atomic mass is 16.4. The lowest BCUT2D eigenvalue weighted by Gasteiger charge is -2.30. The molecule has 0 spiro atoms. The molecule has 2 N–H and O–H groups in total. The fourth-order valence-corrected chi connectivity index (χ4v) is 2.33. The van der Waals surface area contributed by atoms with Gasteiger partial charge in [-0.05, 0) is 31.2 Å². The second kappa shape index (κ2) is 6.01. The molecule has 0 saturated heterocycles. The first-order valence-electron chi connectivity index (χ1n) is 6.37. The lowest BCUT2D eigenvalue weighted by atomic mass is 9.79. The van der Waals surface area contributed by atoms with E-state index < -0.39 is 12.0 Å². The fourth-order valence-electron chi connectivity index (χ4n) is 2.33. The molecule has 0 radical (unpaired) electrons. The summed E-state index contributed by atoms with van der Waals surface area (Å²) in [7, 11) is 0. The summed E-state index contributed by atoms with van der Waals surface area (Å²) in [5.41, 5.74) is 1.31. The lowest BCUT2D eigenvalue weighted by molar-refractivity contribution is -0.139. The quantitative estimate of drug-likeness (QED) is 0.815. The van der Waals surface area contributed by atoms with Crippen LogP contribution in [0.5, 0.6) is 0 Å². The smallest absolute Gasteiger partial charge is 0.320 e. The molecular weight excluding hydrogens is 226 g/mol. The first-order valence-corrected chi connectivity index (χ1v) is 6.37. The van der Waals surface area contributed by atoms with Crippen molar-refractivity contribution in [3.05, 3.63) is 35.9 Å². The van der Waals surface area contributed by atoms with E-state index in [9.17, 15) is 4.79 Å². The van der Waals surface area contributed by atoms with Crippen LogP contribution < -0.4 is 5.32 Å². The van der Waals surface area contributed by atoms with Crippen LogP contribution >= 0.6 is 0 Å². The normalized spacial score (nSPS) is 15.1. The molecule has 0 heterocycles. The number of carbonyl (C=O) groups is 1. The largest absolute Gasteiger partial charge is 0.480 e. The van der Waals surface area contributed by atoms with Crippen LogP contribution in [0.15, 0.2) is 30.3 Å². The van der Waals surface area contributed by atoms with E-state index >= 15 is 0 Å². The molecule has 0 aliphatic rings. The number of benzene rings is 1. The topological polar surface area (TPSA) is 49.3 Å². The van der Waals surface area contributed by atoms with Gasteiger partial charge in [-0.3, -0.25) is 4.79 Å². The van der Waals surface area contributed by atoms with E-state index in [0.29, 0.717) is 0 Å². The minimum Gasteiger partial charge on any atom is -0.480 e. The van der Waals surface area contributed by atoms with Crippen LogP contribution in [0.1, 0.15) is 39.7 Å². The molecule has 1 rings (SSSR count). The van der Waals surface area contributed by atoms with Crippen LogP contribution in [0.25, 0.3) is 0 Å². The molecule has 0 aliphatic heterocycles.